The summed E-state index contributed by atoms with van der Waals surface area (Å²) in [5, 5.41) is 7.92. The predicted molar refractivity (Wildman–Crippen MR) is 66.4 cm³/mol. The number of rotatable bonds is 3. The molecule has 18 heavy (non-hydrogen) atoms. The number of hydrogen-bond donors (Lipinski definition) is 2. The van der Waals surface area contributed by atoms with Gasteiger partial charge in [-0.1, -0.05) is 0 Å². The van der Waals surface area contributed by atoms with Crippen LogP contribution in [0.25, 0.3) is 0 Å². The zero-order valence-corrected chi connectivity index (χ0v) is 11.1. The number of aryl methyl sites for hydroxylation is 3. The quantitative estimate of drug-likeness (QED) is 0.806. The van der Waals surface area contributed by atoms with Crippen molar-refractivity contribution in [1.82, 2.24) is 19.6 Å². The van der Waals surface area contributed by atoms with Gasteiger partial charge >= 0.3 is 0 Å². The summed E-state index contributed by atoms with van der Waals surface area (Å²) in [6, 6.07) is 1.40. The molecule has 0 aromatic carbocycles. The highest BCUT2D eigenvalue weighted by Gasteiger charge is 2.22. The maximum absolute atomic E-state index is 12.1. The van der Waals surface area contributed by atoms with E-state index in [0.717, 1.165) is 0 Å². The minimum Gasteiger partial charge on any atom is -0.394 e. The van der Waals surface area contributed by atoms with Crippen molar-refractivity contribution in [3.8, 4) is 0 Å². The predicted octanol–water partition coefficient (Wildman–Crippen LogP) is -0.155. The second-order valence-electron chi connectivity index (χ2n) is 3.87. The van der Waals surface area contributed by atoms with Crippen LogP contribution in [0.15, 0.2) is 17.3 Å². The number of sulfonamides is 1. The summed E-state index contributed by atoms with van der Waals surface area (Å²) in [5.74, 6) is 0.244. The molecule has 0 radical (unpaired) electrons. The fourth-order valence-corrected chi connectivity index (χ4v) is 2.84. The van der Waals surface area contributed by atoms with E-state index in [0.29, 0.717) is 11.4 Å². The average Bonchev–Trinajstić information content (AvgIpc) is 2.79. The number of nitrogens with one attached hydrogen (secondary N) is 1. The Morgan fingerprint density at radius 2 is 2.00 bits per heavy atom. The van der Waals surface area contributed by atoms with Crippen molar-refractivity contribution >= 4 is 21.5 Å². The molecule has 0 atom stereocenters. The van der Waals surface area contributed by atoms with Gasteiger partial charge in [-0.2, -0.15) is 18.6 Å². The Labute approximate surface area is 104 Å². The third-order valence-corrected chi connectivity index (χ3v) is 3.96. The number of nitrogen functional groups attached to an aromatic ring is 1. The molecular weight excluding hydrogens is 256 g/mol. The molecule has 2 aromatic rings. The first-order valence-corrected chi connectivity index (χ1v) is 6.61. The third kappa shape index (κ3) is 1.92. The van der Waals surface area contributed by atoms with Gasteiger partial charge in [0.15, 0.2) is 10.8 Å². The minimum atomic E-state index is -3.72. The van der Waals surface area contributed by atoms with Crippen LogP contribution in [0.1, 0.15) is 5.69 Å². The van der Waals surface area contributed by atoms with Crippen molar-refractivity contribution < 1.29 is 8.42 Å². The van der Waals surface area contributed by atoms with Crippen LogP contribution in [0.3, 0.4) is 0 Å². The molecule has 2 rings (SSSR count). The van der Waals surface area contributed by atoms with Crippen molar-refractivity contribution in [1.29, 1.82) is 0 Å². The van der Waals surface area contributed by atoms with E-state index in [-0.39, 0.29) is 10.8 Å². The lowest BCUT2D eigenvalue weighted by Gasteiger charge is -2.08. The summed E-state index contributed by atoms with van der Waals surface area (Å²) in [6.45, 7) is 1.71. The summed E-state index contributed by atoms with van der Waals surface area (Å²) in [7, 11) is -0.559. The van der Waals surface area contributed by atoms with Gasteiger partial charge in [-0.05, 0) is 13.0 Å². The van der Waals surface area contributed by atoms with Gasteiger partial charge in [0.2, 0.25) is 0 Å². The second-order valence-corrected chi connectivity index (χ2v) is 5.50. The molecule has 0 aliphatic carbocycles. The molecule has 0 saturated carbocycles. The van der Waals surface area contributed by atoms with E-state index < -0.39 is 10.0 Å². The first-order chi connectivity index (χ1) is 8.33. The second kappa shape index (κ2) is 4.02. The molecule has 0 aliphatic heterocycles. The Morgan fingerprint density at radius 3 is 2.44 bits per heavy atom. The van der Waals surface area contributed by atoms with Crippen molar-refractivity contribution in [3.05, 3.63) is 18.0 Å². The Morgan fingerprint density at radius 1 is 1.33 bits per heavy atom. The van der Waals surface area contributed by atoms with Crippen molar-refractivity contribution in [3.63, 3.8) is 0 Å². The van der Waals surface area contributed by atoms with Crippen LogP contribution in [0.2, 0.25) is 0 Å². The highest BCUT2D eigenvalue weighted by Crippen LogP contribution is 2.23. The van der Waals surface area contributed by atoms with Gasteiger partial charge < -0.3 is 5.73 Å². The van der Waals surface area contributed by atoms with Gasteiger partial charge in [0, 0.05) is 14.1 Å². The van der Waals surface area contributed by atoms with E-state index >= 15 is 0 Å². The Kier molecular flexibility index (Phi) is 2.77. The van der Waals surface area contributed by atoms with Gasteiger partial charge in [-0.25, -0.2) is 4.68 Å². The molecule has 0 unspecified atom stereocenters. The summed E-state index contributed by atoms with van der Waals surface area (Å²) < 4.78 is 29.3. The smallest absolute Gasteiger partial charge is 0.280 e. The molecule has 2 heterocycles. The molecular formula is C9H14N6O2S. The Hall–Kier alpha value is -2.03. The molecule has 0 spiro atoms. The van der Waals surface area contributed by atoms with Gasteiger partial charge in [-0.3, -0.25) is 9.40 Å². The van der Waals surface area contributed by atoms with E-state index in [1.54, 1.807) is 21.0 Å². The maximum atomic E-state index is 12.1. The van der Waals surface area contributed by atoms with E-state index in [2.05, 4.69) is 14.9 Å². The molecule has 9 heteroatoms. The van der Waals surface area contributed by atoms with Crippen molar-refractivity contribution in [2.24, 2.45) is 14.1 Å². The minimum absolute atomic E-state index is 0.0563. The number of nitrogens with zero attached hydrogens (tertiary/aromatic N) is 4. The lowest BCUT2D eigenvalue weighted by atomic mass is 10.4. The molecule has 3 N–H and O–H groups in total. The first-order valence-electron chi connectivity index (χ1n) is 5.13. The van der Waals surface area contributed by atoms with Crippen LogP contribution in [-0.2, 0) is 24.1 Å². The van der Waals surface area contributed by atoms with Crippen molar-refractivity contribution in [2.45, 2.75) is 11.9 Å². The van der Waals surface area contributed by atoms with Gasteiger partial charge in [0.05, 0.1) is 17.6 Å². The lowest BCUT2D eigenvalue weighted by Crippen LogP contribution is -2.19. The zero-order chi connectivity index (χ0) is 13.5. The standard InChI is InChI=1S/C9H14N6O2S/c1-6-8(10)9(15(3)12-6)13-18(16,17)7-4-5-11-14(7)2/h4-5,13H,10H2,1-3H3. The van der Waals surface area contributed by atoms with E-state index in [1.807, 2.05) is 0 Å². The van der Waals surface area contributed by atoms with Gasteiger partial charge in [-0.15, -0.1) is 0 Å². The molecule has 0 amide bonds. The normalized spacial score (nSPS) is 11.7. The molecule has 2 aromatic heterocycles. The number of nitrogens with two attached hydrogens (primary N) is 1. The summed E-state index contributed by atoms with van der Waals surface area (Å²) in [5.41, 5.74) is 6.65. The van der Waals surface area contributed by atoms with E-state index in [4.69, 9.17) is 5.73 Å². The van der Waals surface area contributed by atoms with Crippen LogP contribution in [0.4, 0.5) is 11.5 Å². The maximum Gasteiger partial charge on any atom is 0.280 e. The molecule has 0 bridgehead atoms. The Bertz CT molecular complexity index is 684. The topological polar surface area (TPSA) is 108 Å². The van der Waals surface area contributed by atoms with Crippen LogP contribution in [0, 0.1) is 6.92 Å². The highest BCUT2D eigenvalue weighted by molar-refractivity contribution is 7.92. The Balaban J connectivity index is 2.43. The number of anilines is 2. The molecule has 8 nitrogen and oxygen atoms in total. The van der Waals surface area contributed by atoms with Crippen LogP contribution >= 0.6 is 0 Å². The van der Waals surface area contributed by atoms with E-state index in [9.17, 15) is 8.42 Å². The number of hydrogen-bond acceptors (Lipinski definition) is 5. The molecule has 0 aliphatic rings. The van der Waals surface area contributed by atoms with Crippen molar-refractivity contribution in [2.75, 3.05) is 10.5 Å². The molecule has 98 valence electrons. The average molecular weight is 270 g/mol. The summed E-state index contributed by atoms with van der Waals surface area (Å²) >= 11 is 0. The van der Waals surface area contributed by atoms with Gasteiger partial charge in [0.1, 0.15) is 0 Å². The fraction of sp³-hybridized carbons (Fsp3) is 0.333. The van der Waals surface area contributed by atoms with Crippen LogP contribution in [-0.4, -0.2) is 28.0 Å². The van der Waals surface area contributed by atoms with Crippen LogP contribution < -0.4 is 10.5 Å². The van der Waals surface area contributed by atoms with E-state index in [1.165, 1.54) is 21.6 Å². The zero-order valence-electron chi connectivity index (χ0n) is 10.2. The third-order valence-electron chi connectivity index (χ3n) is 2.55. The largest absolute Gasteiger partial charge is 0.394 e. The first kappa shape index (κ1) is 12.4. The SMILES string of the molecule is Cc1nn(C)c(NS(=O)(=O)c2ccnn2C)c1N. The fourth-order valence-electron chi connectivity index (χ4n) is 1.60. The highest BCUT2D eigenvalue weighted by atomic mass is 32.2. The monoisotopic (exact) mass is 270 g/mol. The van der Waals surface area contributed by atoms with Gasteiger partial charge in [0.25, 0.3) is 10.0 Å². The van der Waals surface area contributed by atoms with Crippen LogP contribution in [0.5, 0.6) is 0 Å². The molecule has 0 fully saturated rings. The molecule has 0 saturated heterocycles. The summed E-state index contributed by atoms with van der Waals surface area (Å²) in [6.07, 6.45) is 1.41. The number of aromatic nitrogens is 4. The summed E-state index contributed by atoms with van der Waals surface area (Å²) in [4.78, 5) is 0. The lowest BCUT2D eigenvalue weighted by molar-refractivity contribution is 0.581.